The number of ether oxygens (including phenoxy) is 2. The van der Waals surface area contributed by atoms with Crippen molar-refractivity contribution in [2.24, 2.45) is 5.73 Å². The van der Waals surface area contributed by atoms with Crippen molar-refractivity contribution in [3.63, 3.8) is 0 Å². The van der Waals surface area contributed by atoms with E-state index in [4.69, 9.17) is 24.3 Å². The van der Waals surface area contributed by atoms with E-state index >= 15 is 0 Å². The van der Waals surface area contributed by atoms with E-state index in [1.165, 1.54) is 193 Å². The van der Waals surface area contributed by atoms with Crippen LogP contribution in [0.1, 0.15) is 284 Å². The molecule has 394 valence electrons. The average Bonchev–Trinajstić information content (AvgIpc) is 3.32. The predicted octanol–water partition coefficient (Wildman–Crippen LogP) is 17.6. The standard InChI is InChI=1S/C57H108NO8P/c1-3-5-7-9-11-13-15-17-18-19-20-21-22-23-24-25-26-27-28-29-30-31-32-33-34-35-36-38-40-42-44-46-48-50-57(60)66-55(54-65-67(61,62)64-52-51-58)53-63-56(59)49-47-45-43-41-39-37-16-14-12-10-8-6-4-2/h14-17,19-20,55H,3-13,18,21-54,58H2,1-2H3,(H,61,62)/b16-14-,17-15-,20-19-. The highest BCUT2D eigenvalue weighted by atomic mass is 31.2. The quantitative estimate of drug-likeness (QED) is 0.0264. The average molecular weight is 966 g/mol. The second-order valence-corrected chi connectivity index (χ2v) is 20.6. The summed E-state index contributed by atoms with van der Waals surface area (Å²) in [5.41, 5.74) is 5.37. The number of allylic oxidation sites excluding steroid dienone is 6. The van der Waals surface area contributed by atoms with Crippen molar-refractivity contribution in [3.05, 3.63) is 36.5 Å². The zero-order valence-electron chi connectivity index (χ0n) is 43.9. The summed E-state index contributed by atoms with van der Waals surface area (Å²) >= 11 is 0. The first kappa shape index (κ1) is 65.2. The Morgan fingerprint density at radius 2 is 0.776 bits per heavy atom. The topological polar surface area (TPSA) is 134 Å². The largest absolute Gasteiger partial charge is 0.472 e. The number of carbonyl (C=O) groups excluding carboxylic acids is 2. The Labute approximate surface area is 414 Å². The first-order valence-electron chi connectivity index (χ1n) is 28.5. The number of hydrogen-bond donors (Lipinski definition) is 2. The molecule has 0 amide bonds. The summed E-state index contributed by atoms with van der Waals surface area (Å²) in [5.74, 6) is -0.827. The van der Waals surface area contributed by atoms with Crippen LogP contribution in [0, 0.1) is 0 Å². The maximum absolute atomic E-state index is 12.7. The molecule has 0 radical (unpaired) electrons. The van der Waals surface area contributed by atoms with E-state index in [0.717, 1.165) is 57.8 Å². The molecule has 0 aromatic heterocycles. The Balaban J connectivity index is 3.83. The van der Waals surface area contributed by atoms with Gasteiger partial charge in [0.05, 0.1) is 13.2 Å². The van der Waals surface area contributed by atoms with Crippen LogP contribution in [0.4, 0.5) is 0 Å². The highest BCUT2D eigenvalue weighted by Gasteiger charge is 2.26. The maximum Gasteiger partial charge on any atom is 0.472 e. The molecule has 0 aliphatic carbocycles. The van der Waals surface area contributed by atoms with Gasteiger partial charge in [0.25, 0.3) is 0 Å². The molecule has 0 saturated carbocycles. The zero-order chi connectivity index (χ0) is 48.8. The van der Waals surface area contributed by atoms with Crippen LogP contribution >= 0.6 is 7.82 Å². The third-order valence-electron chi connectivity index (χ3n) is 12.5. The van der Waals surface area contributed by atoms with Crippen molar-refractivity contribution in [3.8, 4) is 0 Å². The maximum atomic E-state index is 12.7. The van der Waals surface area contributed by atoms with Gasteiger partial charge in [-0.1, -0.05) is 237 Å². The van der Waals surface area contributed by atoms with Crippen molar-refractivity contribution in [2.45, 2.75) is 290 Å². The Morgan fingerprint density at radius 3 is 1.16 bits per heavy atom. The molecule has 2 unspecified atom stereocenters. The Bertz CT molecular complexity index is 1190. The Kier molecular flexibility index (Phi) is 52.2. The monoisotopic (exact) mass is 966 g/mol. The van der Waals surface area contributed by atoms with Gasteiger partial charge in [-0.25, -0.2) is 4.57 Å². The summed E-state index contributed by atoms with van der Waals surface area (Å²) in [6.45, 7) is 3.74. The van der Waals surface area contributed by atoms with Gasteiger partial charge in [0.1, 0.15) is 6.61 Å². The van der Waals surface area contributed by atoms with E-state index in [2.05, 4.69) is 50.3 Å². The van der Waals surface area contributed by atoms with Gasteiger partial charge in [-0.05, 0) is 70.6 Å². The molecule has 0 fully saturated rings. The normalized spacial score (nSPS) is 13.3. The van der Waals surface area contributed by atoms with Gasteiger partial charge in [0, 0.05) is 19.4 Å². The lowest BCUT2D eigenvalue weighted by atomic mass is 10.0. The van der Waals surface area contributed by atoms with Crippen LogP contribution in [-0.4, -0.2) is 49.3 Å². The lowest BCUT2D eigenvalue weighted by Gasteiger charge is -2.19. The summed E-state index contributed by atoms with van der Waals surface area (Å²) in [6.07, 6.45) is 63.6. The van der Waals surface area contributed by atoms with Crippen LogP contribution < -0.4 is 5.73 Å². The van der Waals surface area contributed by atoms with E-state index in [0.29, 0.717) is 6.42 Å². The minimum atomic E-state index is -4.38. The highest BCUT2D eigenvalue weighted by Crippen LogP contribution is 2.43. The van der Waals surface area contributed by atoms with Crippen LogP contribution in [0.2, 0.25) is 0 Å². The van der Waals surface area contributed by atoms with Gasteiger partial charge in [-0.2, -0.15) is 0 Å². The van der Waals surface area contributed by atoms with Crippen LogP contribution in [0.25, 0.3) is 0 Å². The molecule has 0 bridgehead atoms. The van der Waals surface area contributed by atoms with Crippen molar-refractivity contribution in [2.75, 3.05) is 26.4 Å². The SMILES string of the molecule is CCCCCC/C=C\CCCCCCCC(=O)OCC(COP(=O)(O)OCCN)OC(=O)CCCCCCCCCCCCCCCCCCCCCCC/C=C\C/C=C\CCCCCCC. The molecule has 2 atom stereocenters. The molecule has 3 N–H and O–H groups in total. The van der Waals surface area contributed by atoms with Crippen molar-refractivity contribution < 1.29 is 37.6 Å². The molecule has 9 nitrogen and oxygen atoms in total. The molecule has 0 spiro atoms. The van der Waals surface area contributed by atoms with E-state index in [9.17, 15) is 19.0 Å². The summed E-state index contributed by atoms with van der Waals surface area (Å²) in [6, 6.07) is 0. The number of phosphoric ester groups is 1. The molecular formula is C57H108NO8P. The molecular weight excluding hydrogens is 858 g/mol. The fourth-order valence-electron chi connectivity index (χ4n) is 8.25. The van der Waals surface area contributed by atoms with E-state index < -0.39 is 26.5 Å². The van der Waals surface area contributed by atoms with Crippen LogP contribution in [0.5, 0.6) is 0 Å². The molecule has 0 aromatic carbocycles. The first-order chi connectivity index (χ1) is 32.8. The lowest BCUT2D eigenvalue weighted by molar-refractivity contribution is -0.161. The van der Waals surface area contributed by atoms with Crippen molar-refractivity contribution in [1.82, 2.24) is 0 Å². The Morgan fingerprint density at radius 1 is 0.448 bits per heavy atom. The lowest BCUT2D eigenvalue weighted by Crippen LogP contribution is -2.29. The molecule has 67 heavy (non-hydrogen) atoms. The van der Waals surface area contributed by atoms with Gasteiger partial charge < -0.3 is 20.1 Å². The van der Waals surface area contributed by atoms with Crippen molar-refractivity contribution in [1.29, 1.82) is 0 Å². The Hall–Kier alpha value is -1.77. The summed E-state index contributed by atoms with van der Waals surface area (Å²) < 4.78 is 32.9. The number of carbonyl (C=O) groups is 2. The molecule has 0 aliphatic heterocycles. The van der Waals surface area contributed by atoms with E-state index in [1.807, 2.05) is 0 Å². The number of rotatable bonds is 54. The molecule has 0 rings (SSSR count). The second kappa shape index (κ2) is 53.6. The van der Waals surface area contributed by atoms with Gasteiger partial charge in [0.2, 0.25) is 0 Å². The number of phosphoric acid groups is 1. The molecule has 0 aliphatic rings. The van der Waals surface area contributed by atoms with Gasteiger partial charge in [-0.3, -0.25) is 18.6 Å². The second-order valence-electron chi connectivity index (χ2n) is 19.2. The van der Waals surface area contributed by atoms with Gasteiger partial charge in [0.15, 0.2) is 6.10 Å². The molecule has 0 aromatic rings. The first-order valence-corrected chi connectivity index (χ1v) is 30.0. The number of unbranched alkanes of at least 4 members (excludes halogenated alkanes) is 35. The van der Waals surface area contributed by atoms with Crippen LogP contribution in [0.15, 0.2) is 36.5 Å². The summed E-state index contributed by atoms with van der Waals surface area (Å²) in [7, 11) is -4.38. The van der Waals surface area contributed by atoms with Gasteiger partial charge in [-0.15, -0.1) is 0 Å². The molecule has 0 heterocycles. The smallest absolute Gasteiger partial charge is 0.462 e. The highest BCUT2D eigenvalue weighted by molar-refractivity contribution is 7.47. The third kappa shape index (κ3) is 53.4. The number of nitrogens with two attached hydrogens (primary N) is 1. The molecule has 10 heteroatoms. The fourth-order valence-corrected chi connectivity index (χ4v) is 9.02. The number of esters is 2. The van der Waals surface area contributed by atoms with E-state index in [1.54, 1.807) is 0 Å². The van der Waals surface area contributed by atoms with Crippen LogP contribution in [0.3, 0.4) is 0 Å². The van der Waals surface area contributed by atoms with Crippen LogP contribution in [-0.2, 0) is 32.7 Å². The molecule has 0 saturated heterocycles. The predicted molar refractivity (Wildman–Crippen MR) is 284 cm³/mol. The minimum Gasteiger partial charge on any atom is -0.462 e. The minimum absolute atomic E-state index is 0.0538. The fraction of sp³-hybridized carbons (Fsp3) is 0.860. The van der Waals surface area contributed by atoms with E-state index in [-0.39, 0.29) is 38.6 Å². The zero-order valence-corrected chi connectivity index (χ0v) is 44.8. The van der Waals surface area contributed by atoms with Crippen molar-refractivity contribution >= 4 is 19.8 Å². The summed E-state index contributed by atoms with van der Waals surface area (Å²) in [4.78, 5) is 35.0. The third-order valence-corrected chi connectivity index (χ3v) is 13.5. The number of hydrogen-bond acceptors (Lipinski definition) is 8. The summed E-state index contributed by atoms with van der Waals surface area (Å²) in [5, 5.41) is 0. The van der Waals surface area contributed by atoms with Gasteiger partial charge >= 0.3 is 19.8 Å².